The molecule has 0 rings (SSSR count). The van der Waals surface area contributed by atoms with Crippen LogP contribution in [0.25, 0.3) is 0 Å². The van der Waals surface area contributed by atoms with Crippen molar-refractivity contribution in [3.05, 3.63) is 92.7 Å². The first-order valence-electron chi connectivity index (χ1n) is 18.0. The van der Waals surface area contributed by atoms with Crippen molar-refractivity contribution in [2.45, 2.75) is 146 Å². The Bertz CT molecular complexity index is 1330. The quantitative estimate of drug-likeness (QED) is 0.0669. The number of halogens is 2. The molecule has 0 aromatic rings. The van der Waals surface area contributed by atoms with Crippen LogP contribution in [0.4, 0.5) is 8.78 Å². The lowest BCUT2D eigenvalue weighted by Gasteiger charge is -2.18. The molecule has 0 aromatic heterocycles. The maximum absolute atomic E-state index is 14.9. The molecule has 0 aliphatic carbocycles. The zero-order valence-corrected chi connectivity index (χ0v) is 34.7. The summed E-state index contributed by atoms with van der Waals surface area (Å²) in [4.78, 5) is 18.5. The first-order valence-corrected chi connectivity index (χ1v) is 21.0. The fourth-order valence-corrected chi connectivity index (χ4v) is 6.79. The number of phosphoric ester groups is 1. The molecular formula is C40H66F2O7P2. The van der Waals surface area contributed by atoms with E-state index in [1.54, 1.807) is 13.8 Å². The van der Waals surface area contributed by atoms with E-state index in [2.05, 4.69) is 70.2 Å². The summed E-state index contributed by atoms with van der Waals surface area (Å²) in [5.41, 5.74) is 8.34. The Hall–Kier alpha value is -1.96. The molecule has 7 nitrogen and oxygen atoms in total. The Balaban J connectivity index is 5.05. The van der Waals surface area contributed by atoms with E-state index < -0.39 is 40.5 Å². The van der Waals surface area contributed by atoms with Crippen LogP contribution >= 0.6 is 15.6 Å². The monoisotopic (exact) mass is 758 g/mol. The molecule has 0 amide bonds. The van der Waals surface area contributed by atoms with Crippen molar-refractivity contribution in [1.29, 1.82) is 0 Å². The van der Waals surface area contributed by atoms with Crippen molar-refractivity contribution in [3.63, 3.8) is 0 Å². The van der Waals surface area contributed by atoms with Gasteiger partial charge in [-0.15, -0.1) is 0 Å². The molecule has 0 unspecified atom stereocenters. The van der Waals surface area contributed by atoms with Crippen LogP contribution in [-0.2, 0) is 22.5 Å². The smallest absolute Gasteiger partial charge is 0.302 e. The molecule has 2 N–H and O–H groups in total. The molecule has 0 bridgehead atoms. The Kier molecular flexibility index (Phi) is 25.7. The van der Waals surface area contributed by atoms with Gasteiger partial charge in [-0.05, 0) is 157 Å². The average molecular weight is 759 g/mol. The zero-order chi connectivity index (χ0) is 39.0. The van der Waals surface area contributed by atoms with Crippen LogP contribution in [0.3, 0.4) is 0 Å². The van der Waals surface area contributed by atoms with Crippen molar-refractivity contribution in [2.24, 2.45) is 0 Å². The largest absolute Gasteiger partial charge is 0.484 e. The van der Waals surface area contributed by atoms with Gasteiger partial charge in [0.1, 0.15) is 24.9 Å². The lowest BCUT2D eigenvalue weighted by molar-refractivity contribution is 0.144. The van der Waals surface area contributed by atoms with Gasteiger partial charge in [0.25, 0.3) is 0 Å². The molecule has 0 aliphatic heterocycles. The molecule has 0 fully saturated rings. The molecule has 0 aliphatic rings. The predicted octanol–water partition coefficient (Wildman–Crippen LogP) is 14.1. The Morgan fingerprint density at radius 1 is 0.490 bits per heavy atom. The maximum atomic E-state index is 14.9. The van der Waals surface area contributed by atoms with Crippen molar-refractivity contribution in [1.82, 2.24) is 0 Å². The lowest BCUT2D eigenvalue weighted by atomic mass is 10.0. The van der Waals surface area contributed by atoms with Crippen molar-refractivity contribution in [2.75, 3.05) is 13.2 Å². The van der Waals surface area contributed by atoms with Gasteiger partial charge in [0.15, 0.2) is 0 Å². The van der Waals surface area contributed by atoms with Crippen LogP contribution in [0.1, 0.15) is 146 Å². The Labute approximate surface area is 308 Å². The minimum atomic E-state index is -5.38. The zero-order valence-electron chi connectivity index (χ0n) is 32.9. The second kappa shape index (κ2) is 26.7. The Morgan fingerprint density at radius 3 is 1.04 bits per heavy atom. The molecule has 0 saturated carbocycles. The van der Waals surface area contributed by atoms with Gasteiger partial charge >= 0.3 is 15.6 Å². The highest BCUT2D eigenvalue weighted by Gasteiger charge is 2.37. The minimum absolute atomic E-state index is 0.313. The van der Waals surface area contributed by atoms with Gasteiger partial charge in [-0.3, -0.25) is 9.05 Å². The first kappa shape index (κ1) is 49.0. The first-order chi connectivity index (χ1) is 23.7. The number of rotatable bonds is 26. The van der Waals surface area contributed by atoms with E-state index in [1.165, 1.54) is 33.4 Å². The molecule has 51 heavy (non-hydrogen) atoms. The summed E-state index contributed by atoms with van der Waals surface area (Å²) < 4.78 is 68.3. The standard InChI is InChI=1S/C40H66F2O7P2/c1-31(2)17-11-19-33(5)21-13-23-35(7)25-15-27-37(9)39(41)29-47-51(46,49-50(43,44)45)48-30-40(42)38(10)28-16-26-36(8)24-14-22-34(6)20-12-18-32(3)4/h17-18,21-22,25-26H,11-16,19-20,23-24,27-30H2,1-10H3,(H2,43,44,45)/b33-21+,34-22+,35-25+,36-26+,39-37+,40-38+. The summed E-state index contributed by atoms with van der Waals surface area (Å²) in [7, 11) is -10.4. The van der Waals surface area contributed by atoms with Gasteiger partial charge in [-0.2, -0.15) is 4.31 Å². The second-order valence-corrected chi connectivity index (χ2v) is 17.0. The van der Waals surface area contributed by atoms with E-state index in [9.17, 15) is 27.7 Å². The summed E-state index contributed by atoms with van der Waals surface area (Å²) in [6.45, 7) is 18.0. The van der Waals surface area contributed by atoms with E-state index in [1.807, 2.05) is 26.0 Å². The third-order valence-electron chi connectivity index (χ3n) is 8.10. The highest BCUT2D eigenvalue weighted by atomic mass is 31.3. The van der Waals surface area contributed by atoms with Crippen LogP contribution in [0.15, 0.2) is 92.7 Å². The average Bonchev–Trinajstić information content (AvgIpc) is 3.01. The van der Waals surface area contributed by atoms with Crippen molar-refractivity contribution < 1.29 is 41.1 Å². The number of hydrogen-bond acceptors (Lipinski definition) is 5. The van der Waals surface area contributed by atoms with E-state index in [0.29, 0.717) is 36.8 Å². The second-order valence-electron chi connectivity index (χ2n) is 13.9. The summed E-state index contributed by atoms with van der Waals surface area (Å²) >= 11 is 0. The van der Waals surface area contributed by atoms with E-state index in [0.717, 1.165) is 51.4 Å². The van der Waals surface area contributed by atoms with E-state index >= 15 is 0 Å². The maximum Gasteiger partial charge on any atom is 0.484 e. The summed E-state index contributed by atoms with van der Waals surface area (Å²) in [6.07, 6.45) is 22.7. The van der Waals surface area contributed by atoms with Gasteiger partial charge in [0.05, 0.1) is 0 Å². The molecule has 11 heteroatoms. The molecular weight excluding hydrogens is 692 g/mol. The fourth-order valence-electron chi connectivity index (χ4n) is 4.75. The molecule has 0 spiro atoms. The normalized spacial score (nSPS) is 15.6. The highest BCUT2D eigenvalue weighted by Crippen LogP contribution is 2.61. The van der Waals surface area contributed by atoms with E-state index in [4.69, 9.17) is 9.05 Å². The van der Waals surface area contributed by atoms with Crippen LogP contribution in [0.2, 0.25) is 0 Å². The fraction of sp³-hybridized carbons (Fsp3) is 0.600. The molecule has 0 heterocycles. The van der Waals surface area contributed by atoms with Crippen molar-refractivity contribution in [3.8, 4) is 0 Å². The van der Waals surface area contributed by atoms with Crippen LogP contribution in [-0.4, -0.2) is 23.0 Å². The topological polar surface area (TPSA) is 102 Å². The SMILES string of the molecule is CC(C)=CCC/C(C)=C/CC/C(C)=C/CC/C(C)=C(/F)COP(=O)(OC/C(F)=C(/C)CC/C=C(\C)CC/C=C(\C)CCC=C(C)C)OP(=O)(O)O. The van der Waals surface area contributed by atoms with Crippen LogP contribution < -0.4 is 0 Å². The van der Waals surface area contributed by atoms with Gasteiger partial charge in [-0.25, -0.2) is 17.9 Å². The molecule has 292 valence electrons. The predicted molar refractivity (Wildman–Crippen MR) is 210 cm³/mol. The third-order valence-corrected chi connectivity index (χ3v) is 10.6. The van der Waals surface area contributed by atoms with Gasteiger partial charge in [0, 0.05) is 0 Å². The number of allylic oxidation sites excluding steroid dienone is 14. The number of phosphoric acid groups is 2. The molecule has 0 aromatic carbocycles. The number of hydrogen-bond donors (Lipinski definition) is 2. The highest BCUT2D eigenvalue weighted by molar-refractivity contribution is 7.61. The van der Waals surface area contributed by atoms with Gasteiger partial charge < -0.3 is 9.79 Å². The van der Waals surface area contributed by atoms with Crippen LogP contribution in [0.5, 0.6) is 0 Å². The summed E-state index contributed by atoms with van der Waals surface area (Å²) in [5.74, 6) is -1.56. The van der Waals surface area contributed by atoms with Gasteiger partial charge in [-0.1, -0.05) is 69.9 Å². The third kappa shape index (κ3) is 28.2. The van der Waals surface area contributed by atoms with Gasteiger partial charge in [0.2, 0.25) is 0 Å². The summed E-state index contributed by atoms with van der Waals surface area (Å²) in [6, 6.07) is 0. The van der Waals surface area contributed by atoms with Crippen LogP contribution in [0, 0.1) is 0 Å². The minimum Gasteiger partial charge on any atom is -0.302 e. The lowest BCUT2D eigenvalue weighted by Crippen LogP contribution is -2.04. The van der Waals surface area contributed by atoms with Crippen molar-refractivity contribution >= 4 is 15.6 Å². The summed E-state index contributed by atoms with van der Waals surface area (Å²) in [5, 5.41) is 0. The molecule has 0 saturated heterocycles. The van der Waals surface area contributed by atoms with E-state index in [-0.39, 0.29) is 0 Å². The molecule has 0 radical (unpaired) electrons. The molecule has 0 atom stereocenters. The Morgan fingerprint density at radius 2 is 0.765 bits per heavy atom.